The van der Waals surface area contributed by atoms with Crippen LogP contribution in [0.15, 0.2) is 53.7 Å². The van der Waals surface area contributed by atoms with Crippen LogP contribution in [0.1, 0.15) is 54.6 Å². The zero-order chi connectivity index (χ0) is 20.5. The molecule has 0 unspecified atom stereocenters. The van der Waals surface area contributed by atoms with Crippen LogP contribution in [0.3, 0.4) is 0 Å². The molecule has 2 aliphatic rings. The van der Waals surface area contributed by atoms with Crippen molar-refractivity contribution >= 4 is 23.4 Å². The molecule has 5 nitrogen and oxygen atoms in total. The maximum Gasteiger partial charge on any atom is 0.237 e. The highest BCUT2D eigenvalue weighted by Crippen LogP contribution is 2.40. The highest BCUT2D eigenvalue weighted by molar-refractivity contribution is 8.00. The molecule has 0 radical (unpaired) electrons. The van der Waals surface area contributed by atoms with E-state index in [4.69, 9.17) is 0 Å². The topological polar surface area (TPSA) is 59.8 Å². The molecule has 0 aliphatic heterocycles. The minimum Gasteiger partial charge on any atom is -0.325 e. The summed E-state index contributed by atoms with van der Waals surface area (Å²) in [6, 6.07) is 16.7. The Bertz CT molecular complexity index is 1060. The van der Waals surface area contributed by atoms with Crippen LogP contribution in [0.5, 0.6) is 0 Å². The molecule has 6 heteroatoms. The Balaban J connectivity index is 1.30. The lowest BCUT2D eigenvalue weighted by molar-refractivity contribution is -0.115. The van der Waals surface area contributed by atoms with Gasteiger partial charge in [-0.3, -0.25) is 4.79 Å². The number of amides is 1. The maximum atomic E-state index is 12.9. The lowest BCUT2D eigenvalue weighted by atomic mass is 10.1. The first-order valence-electron chi connectivity index (χ1n) is 10.7. The average molecular weight is 419 g/mol. The molecule has 0 saturated heterocycles. The number of fused-ring (bicyclic) bond motifs is 1. The van der Waals surface area contributed by atoms with Crippen LogP contribution < -0.4 is 5.32 Å². The Kier molecular flexibility index (Phi) is 5.34. The van der Waals surface area contributed by atoms with E-state index in [1.165, 1.54) is 47.7 Å². The molecule has 3 aromatic rings. The molecule has 30 heavy (non-hydrogen) atoms. The van der Waals surface area contributed by atoms with Crippen LogP contribution in [0, 0.1) is 0 Å². The first-order chi connectivity index (χ1) is 14.7. The summed E-state index contributed by atoms with van der Waals surface area (Å²) in [5, 5.41) is 12.6. The van der Waals surface area contributed by atoms with Gasteiger partial charge in [0.2, 0.25) is 5.91 Å². The van der Waals surface area contributed by atoms with Crippen molar-refractivity contribution in [2.45, 2.75) is 61.9 Å². The van der Waals surface area contributed by atoms with Gasteiger partial charge in [-0.15, -0.1) is 10.2 Å². The molecule has 1 N–H and O–H groups in total. The lowest BCUT2D eigenvalue weighted by Crippen LogP contribution is -2.23. The van der Waals surface area contributed by atoms with E-state index in [2.05, 4.69) is 56.5 Å². The number of carbonyl (C=O) groups is 1. The van der Waals surface area contributed by atoms with E-state index in [1.54, 1.807) is 0 Å². The van der Waals surface area contributed by atoms with Gasteiger partial charge in [-0.1, -0.05) is 48.2 Å². The molecule has 0 bridgehead atoms. The van der Waals surface area contributed by atoms with Crippen molar-refractivity contribution in [1.29, 1.82) is 0 Å². The number of thioether (sulfide) groups is 1. The Morgan fingerprint density at radius 1 is 1.13 bits per heavy atom. The summed E-state index contributed by atoms with van der Waals surface area (Å²) in [6.07, 6.45) is 5.81. The van der Waals surface area contributed by atoms with E-state index in [0.717, 1.165) is 36.1 Å². The third kappa shape index (κ3) is 4.15. The Morgan fingerprint density at radius 2 is 1.93 bits per heavy atom. The number of benzene rings is 2. The van der Waals surface area contributed by atoms with Crippen molar-refractivity contribution in [3.05, 3.63) is 71.0 Å². The fourth-order valence-electron chi connectivity index (χ4n) is 4.05. The number of hydrogen-bond acceptors (Lipinski definition) is 4. The molecule has 1 aromatic heterocycles. The lowest BCUT2D eigenvalue weighted by Gasteiger charge is -2.14. The van der Waals surface area contributed by atoms with Crippen molar-refractivity contribution in [3.8, 4) is 0 Å². The number of rotatable bonds is 7. The normalized spacial score (nSPS) is 16.3. The van der Waals surface area contributed by atoms with Crippen molar-refractivity contribution in [1.82, 2.24) is 14.8 Å². The van der Waals surface area contributed by atoms with Crippen LogP contribution in [0.4, 0.5) is 5.69 Å². The largest absolute Gasteiger partial charge is 0.325 e. The molecule has 154 valence electrons. The molecule has 1 atom stereocenters. The van der Waals surface area contributed by atoms with Gasteiger partial charge in [-0.25, -0.2) is 0 Å². The molecular weight excluding hydrogens is 392 g/mol. The van der Waals surface area contributed by atoms with Gasteiger partial charge in [0.15, 0.2) is 5.16 Å². The van der Waals surface area contributed by atoms with Crippen molar-refractivity contribution in [2.24, 2.45) is 0 Å². The molecule has 2 aliphatic carbocycles. The summed E-state index contributed by atoms with van der Waals surface area (Å²) in [6.45, 7) is 2.67. The van der Waals surface area contributed by atoms with Gasteiger partial charge in [0.1, 0.15) is 5.82 Å². The highest BCUT2D eigenvalue weighted by atomic mass is 32.2. The smallest absolute Gasteiger partial charge is 0.237 e. The van der Waals surface area contributed by atoms with E-state index < -0.39 is 0 Å². The number of aryl methyl sites for hydroxylation is 2. The quantitative estimate of drug-likeness (QED) is 0.559. The monoisotopic (exact) mass is 418 g/mol. The summed E-state index contributed by atoms with van der Waals surface area (Å²) in [4.78, 5) is 12.9. The van der Waals surface area contributed by atoms with Gasteiger partial charge >= 0.3 is 0 Å². The summed E-state index contributed by atoms with van der Waals surface area (Å²) in [5.74, 6) is 1.55. The van der Waals surface area contributed by atoms with E-state index in [0.29, 0.717) is 5.92 Å². The molecular formula is C24H26N4OS. The van der Waals surface area contributed by atoms with Crippen LogP contribution in [-0.2, 0) is 24.2 Å². The van der Waals surface area contributed by atoms with Gasteiger partial charge < -0.3 is 9.88 Å². The first-order valence-corrected chi connectivity index (χ1v) is 11.6. The van der Waals surface area contributed by atoms with Crippen LogP contribution in [-0.4, -0.2) is 25.9 Å². The van der Waals surface area contributed by atoms with Crippen LogP contribution in [0.25, 0.3) is 0 Å². The van der Waals surface area contributed by atoms with E-state index in [-0.39, 0.29) is 11.2 Å². The standard InChI is InChI=1S/C24H26N4OS/c1-16(23(29)25-21-13-12-18-8-5-9-20(18)14-21)30-24-27-26-22(19-10-11-19)28(24)15-17-6-3-2-4-7-17/h2-4,6-7,12-14,16,19H,5,8-11,15H2,1H3,(H,25,29)/t16-/m1/s1. The SMILES string of the molecule is C[C@@H](Sc1nnc(C2CC2)n1Cc1ccccc1)C(=O)Nc1ccc2c(c1)CCC2. The summed E-state index contributed by atoms with van der Waals surface area (Å²) < 4.78 is 2.19. The number of hydrogen-bond donors (Lipinski definition) is 1. The third-order valence-electron chi connectivity index (χ3n) is 5.89. The number of nitrogens with one attached hydrogen (secondary N) is 1. The molecule has 1 fully saturated rings. The van der Waals surface area contributed by atoms with Crippen molar-refractivity contribution < 1.29 is 4.79 Å². The van der Waals surface area contributed by atoms with E-state index in [1.807, 2.05) is 19.1 Å². The van der Waals surface area contributed by atoms with Crippen molar-refractivity contribution in [3.63, 3.8) is 0 Å². The first kappa shape index (κ1) is 19.4. The molecule has 1 heterocycles. The summed E-state index contributed by atoms with van der Waals surface area (Å²) in [7, 11) is 0. The van der Waals surface area contributed by atoms with Gasteiger partial charge in [0.05, 0.1) is 11.8 Å². The maximum absolute atomic E-state index is 12.9. The number of carbonyl (C=O) groups excluding carboxylic acids is 1. The summed E-state index contributed by atoms with van der Waals surface area (Å²) in [5.41, 5.74) is 4.88. The van der Waals surface area contributed by atoms with Gasteiger partial charge in [0.25, 0.3) is 0 Å². The minimum absolute atomic E-state index is 0.000167. The van der Waals surface area contributed by atoms with Crippen LogP contribution >= 0.6 is 11.8 Å². The van der Waals surface area contributed by atoms with E-state index >= 15 is 0 Å². The molecule has 5 rings (SSSR count). The zero-order valence-electron chi connectivity index (χ0n) is 17.2. The minimum atomic E-state index is -0.260. The van der Waals surface area contributed by atoms with Crippen molar-refractivity contribution in [2.75, 3.05) is 5.32 Å². The predicted octanol–water partition coefficient (Wildman–Crippen LogP) is 4.81. The second-order valence-electron chi connectivity index (χ2n) is 8.27. The molecule has 1 amide bonds. The molecule has 1 saturated carbocycles. The number of anilines is 1. The van der Waals surface area contributed by atoms with Gasteiger partial charge in [-0.05, 0) is 67.9 Å². The molecule has 2 aromatic carbocycles. The van der Waals surface area contributed by atoms with E-state index in [9.17, 15) is 4.79 Å². The average Bonchev–Trinajstić information content (AvgIpc) is 3.37. The second kappa shape index (κ2) is 8.26. The summed E-state index contributed by atoms with van der Waals surface area (Å²) >= 11 is 1.49. The highest BCUT2D eigenvalue weighted by Gasteiger charge is 2.31. The van der Waals surface area contributed by atoms with Gasteiger partial charge in [0, 0.05) is 11.6 Å². The Labute approximate surface area is 181 Å². The number of nitrogens with zero attached hydrogens (tertiary/aromatic N) is 3. The fraction of sp³-hybridized carbons (Fsp3) is 0.375. The van der Waals surface area contributed by atoms with Gasteiger partial charge in [-0.2, -0.15) is 0 Å². The van der Waals surface area contributed by atoms with Crippen LogP contribution in [0.2, 0.25) is 0 Å². The number of aromatic nitrogens is 3. The second-order valence-corrected chi connectivity index (χ2v) is 9.58. The zero-order valence-corrected chi connectivity index (χ0v) is 18.0. The molecule has 0 spiro atoms. The predicted molar refractivity (Wildman–Crippen MR) is 120 cm³/mol. The third-order valence-corrected chi connectivity index (χ3v) is 6.97. The fourth-order valence-corrected chi connectivity index (χ4v) is 4.91. The Hall–Kier alpha value is -2.60. The Morgan fingerprint density at radius 3 is 2.73 bits per heavy atom.